The quantitative estimate of drug-likeness (QED) is 0.846. The summed E-state index contributed by atoms with van der Waals surface area (Å²) in [6.45, 7) is 7.86. The molecule has 1 aromatic heterocycles. The minimum absolute atomic E-state index is 0.156. The van der Waals surface area contributed by atoms with Gasteiger partial charge in [-0.05, 0) is 37.4 Å². The average molecular weight is 221 g/mol. The smallest absolute Gasteiger partial charge is 0.0712 e. The Morgan fingerprint density at radius 2 is 2.19 bits per heavy atom. The van der Waals surface area contributed by atoms with Crippen LogP contribution >= 0.6 is 0 Å². The van der Waals surface area contributed by atoms with Crippen LogP contribution < -0.4 is 5.32 Å². The molecule has 3 nitrogen and oxygen atoms in total. The van der Waals surface area contributed by atoms with E-state index in [4.69, 9.17) is 0 Å². The normalized spacial score (nSPS) is 24.8. The van der Waals surface area contributed by atoms with Crippen molar-refractivity contribution in [1.82, 2.24) is 15.1 Å². The van der Waals surface area contributed by atoms with Gasteiger partial charge in [-0.1, -0.05) is 20.8 Å². The van der Waals surface area contributed by atoms with Crippen LogP contribution in [0.1, 0.15) is 44.4 Å². The van der Waals surface area contributed by atoms with E-state index in [0.717, 1.165) is 18.4 Å². The number of hydrogen-bond acceptors (Lipinski definition) is 2. The fraction of sp³-hybridized carbons (Fsp3) is 0.769. The summed E-state index contributed by atoms with van der Waals surface area (Å²) in [6, 6.07) is 0. The minimum atomic E-state index is 0.156. The molecule has 1 aliphatic rings. The molecule has 0 aromatic carbocycles. The second-order valence-electron chi connectivity index (χ2n) is 6.02. The highest BCUT2D eigenvalue weighted by molar-refractivity contribution is 5.32. The lowest BCUT2D eigenvalue weighted by Gasteiger charge is -2.17. The van der Waals surface area contributed by atoms with Gasteiger partial charge < -0.3 is 5.32 Å². The van der Waals surface area contributed by atoms with Gasteiger partial charge in [0.15, 0.2) is 0 Å². The van der Waals surface area contributed by atoms with E-state index in [1.165, 1.54) is 17.7 Å². The SMILES string of the molecule is CNCC1CC1c1cn(C)nc1C(C)(C)C. The minimum Gasteiger partial charge on any atom is -0.319 e. The van der Waals surface area contributed by atoms with E-state index in [2.05, 4.69) is 37.4 Å². The van der Waals surface area contributed by atoms with Gasteiger partial charge in [-0.15, -0.1) is 0 Å². The molecule has 0 aliphatic heterocycles. The summed E-state index contributed by atoms with van der Waals surface area (Å²) in [4.78, 5) is 0. The van der Waals surface area contributed by atoms with Crippen molar-refractivity contribution in [3.63, 3.8) is 0 Å². The van der Waals surface area contributed by atoms with E-state index in [1.807, 2.05) is 18.8 Å². The molecule has 2 atom stereocenters. The highest BCUT2D eigenvalue weighted by Crippen LogP contribution is 2.49. The van der Waals surface area contributed by atoms with Gasteiger partial charge in [0.2, 0.25) is 0 Å². The Bertz CT molecular complexity index is 373. The Morgan fingerprint density at radius 3 is 2.75 bits per heavy atom. The molecule has 1 heterocycles. The highest BCUT2D eigenvalue weighted by Gasteiger charge is 2.41. The Morgan fingerprint density at radius 1 is 1.50 bits per heavy atom. The van der Waals surface area contributed by atoms with Gasteiger partial charge in [-0.2, -0.15) is 5.10 Å². The third-order valence-electron chi connectivity index (χ3n) is 3.36. The Kier molecular flexibility index (Phi) is 2.82. The van der Waals surface area contributed by atoms with Gasteiger partial charge in [-0.25, -0.2) is 0 Å². The standard InChI is InChI=1S/C13H23N3/c1-13(2,3)12-11(8-16(5)15-12)10-6-9(10)7-14-4/h8-10,14H,6-7H2,1-5H3. The number of aromatic nitrogens is 2. The third-order valence-corrected chi connectivity index (χ3v) is 3.36. The molecule has 0 saturated heterocycles. The van der Waals surface area contributed by atoms with Gasteiger partial charge in [0, 0.05) is 18.7 Å². The van der Waals surface area contributed by atoms with Gasteiger partial charge in [0.1, 0.15) is 0 Å². The van der Waals surface area contributed by atoms with Crippen molar-refractivity contribution in [3.8, 4) is 0 Å². The first-order chi connectivity index (χ1) is 7.43. The highest BCUT2D eigenvalue weighted by atomic mass is 15.3. The number of hydrogen-bond donors (Lipinski definition) is 1. The van der Waals surface area contributed by atoms with E-state index < -0.39 is 0 Å². The molecule has 2 rings (SSSR count). The summed E-state index contributed by atoms with van der Waals surface area (Å²) < 4.78 is 1.96. The van der Waals surface area contributed by atoms with Crippen molar-refractivity contribution < 1.29 is 0 Å². The van der Waals surface area contributed by atoms with Crippen LogP contribution in [0.3, 0.4) is 0 Å². The largest absolute Gasteiger partial charge is 0.319 e. The lowest BCUT2D eigenvalue weighted by atomic mass is 9.88. The van der Waals surface area contributed by atoms with Crippen LogP contribution in [0.2, 0.25) is 0 Å². The topological polar surface area (TPSA) is 29.9 Å². The van der Waals surface area contributed by atoms with Crippen LogP contribution in [0, 0.1) is 5.92 Å². The Balaban J connectivity index is 2.22. The van der Waals surface area contributed by atoms with Crippen molar-refractivity contribution in [2.75, 3.05) is 13.6 Å². The maximum Gasteiger partial charge on any atom is 0.0712 e. The molecule has 2 unspecified atom stereocenters. The average Bonchev–Trinajstić information content (AvgIpc) is 2.79. The summed E-state index contributed by atoms with van der Waals surface area (Å²) in [7, 11) is 4.05. The van der Waals surface area contributed by atoms with Crippen LogP contribution in [-0.2, 0) is 12.5 Å². The van der Waals surface area contributed by atoms with Crippen molar-refractivity contribution in [2.45, 2.75) is 38.5 Å². The monoisotopic (exact) mass is 221 g/mol. The molecule has 1 aromatic rings. The van der Waals surface area contributed by atoms with Crippen LogP contribution in [0.4, 0.5) is 0 Å². The fourth-order valence-corrected chi connectivity index (χ4v) is 2.48. The van der Waals surface area contributed by atoms with E-state index in [1.54, 1.807) is 0 Å². The number of rotatable bonds is 3. The van der Waals surface area contributed by atoms with Crippen LogP contribution in [-0.4, -0.2) is 23.4 Å². The predicted octanol–water partition coefficient (Wildman–Crippen LogP) is 2.04. The number of nitrogens with one attached hydrogen (secondary N) is 1. The Hall–Kier alpha value is -0.830. The molecule has 1 aliphatic carbocycles. The molecule has 0 spiro atoms. The first kappa shape index (κ1) is 11.6. The first-order valence-corrected chi connectivity index (χ1v) is 6.12. The summed E-state index contributed by atoms with van der Waals surface area (Å²) in [5.74, 6) is 1.55. The maximum atomic E-state index is 4.63. The lowest BCUT2D eigenvalue weighted by molar-refractivity contribution is 0.546. The van der Waals surface area contributed by atoms with Crippen LogP contribution in [0.25, 0.3) is 0 Å². The van der Waals surface area contributed by atoms with Gasteiger partial charge >= 0.3 is 0 Å². The Labute approximate surface area is 98.2 Å². The zero-order chi connectivity index (χ0) is 11.9. The van der Waals surface area contributed by atoms with Gasteiger partial charge in [0.05, 0.1) is 5.69 Å². The zero-order valence-corrected chi connectivity index (χ0v) is 11.0. The van der Waals surface area contributed by atoms with Crippen LogP contribution in [0.5, 0.6) is 0 Å². The number of nitrogens with zero attached hydrogens (tertiary/aromatic N) is 2. The van der Waals surface area contributed by atoms with E-state index in [-0.39, 0.29) is 5.41 Å². The lowest BCUT2D eigenvalue weighted by Crippen LogP contribution is -2.15. The molecule has 16 heavy (non-hydrogen) atoms. The first-order valence-electron chi connectivity index (χ1n) is 6.12. The molecule has 1 N–H and O–H groups in total. The van der Waals surface area contributed by atoms with Crippen molar-refractivity contribution in [3.05, 3.63) is 17.5 Å². The second-order valence-corrected chi connectivity index (χ2v) is 6.02. The molecule has 1 saturated carbocycles. The summed E-state index contributed by atoms with van der Waals surface area (Å²) in [6.07, 6.45) is 3.52. The fourth-order valence-electron chi connectivity index (χ4n) is 2.48. The molecule has 1 fully saturated rings. The molecular weight excluding hydrogens is 198 g/mol. The second kappa shape index (κ2) is 3.88. The molecule has 0 bridgehead atoms. The number of aryl methyl sites for hydroxylation is 1. The van der Waals surface area contributed by atoms with Gasteiger partial charge in [0.25, 0.3) is 0 Å². The predicted molar refractivity (Wildman–Crippen MR) is 66.7 cm³/mol. The van der Waals surface area contributed by atoms with E-state index >= 15 is 0 Å². The molecule has 0 radical (unpaired) electrons. The maximum absolute atomic E-state index is 4.63. The van der Waals surface area contributed by atoms with E-state index in [0.29, 0.717) is 0 Å². The van der Waals surface area contributed by atoms with Crippen LogP contribution in [0.15, 0.2) is 6.20 Å². The summed E-state index contributed by atoms with van der Waals surface area (Å²) in [5.41, 5.74) is 2.90. The van der Waals surface area contributed by atoms with E-state index in [9.17, 15) is 0 Å². The molecule has 0 amide bonds. The van der Waals surface area contributed by atoms with Crippen molar-refractivity contribution >= 4 is 0 Å². The van der Waals surface area contributed by atoms with Crippen molar-refractivity contribution in [1.29, 1.82) is 0 Å². The summed E-state index contributed by atoms with van der Waals surface area (Å²) in [5, 5.41) is 7.90. The zero-order valence-electron chi connectivity index (χ0n) is 11.0. The van der Waals surface area contributed by atoms with Gasteiger partial charge in [-0.3, -0.25) is 4.68 Å². The molecular formula is C13H23N3. The third kappa shape index (κ3) is 2.14. The van der Waals surface area contributed by atoms with Crippen molar-refractivity contribution in [2.24, 2.45) is 13.0 Å². The molecule has 90 valence electrons. The summed E-state index contributed by atoms with van der Waals surface area (Å²) >= 11 is 0. The molecule has 3 heteroatoms.